The van der Waals surface area contributed by atoms with E-state index in [4.69, 9.17) is 9.47 Å². The van der Waals surface area contributed by atoms with E-state index >= 15 is 0 Å². The summed E-state index contributed by atoms with van der Waals surface area (Å²) in [4.78, 5) is 11.6. The van der Waals surface area contributed by atoms with Crippen molar-refractivity contribution < 1.29 is 19.4 Å². The fourth-order valence-corrected chi connectivity index (χ4v) is 1.80. The quantitative estimate of drug-likeness (QED) is 0.633. The van der Waals surface area contributed by atoms with E-state index in [0.717, 1.165) is 5.56 Å². The van der Waals surface area contributed by atoms with Crippen LogP contribution in [0.25, 0.3) is 0 Å². The van der Waals surface area contributed by atoms with Crippen molar-refractivity contribution in [2.24, 2.45) is 5.10 Å². The standard InChI is InChI=1S/C17H18N2O4/c1-12-6-8-14(9-7-12)23-11-16(20)19-18-10-13-4-3-5-15(22-2)17(13)21/h3-10,21H,11H2,1-2H3,(H,19,20). The molecule has 0 saturated carbocycles. The van der Waals surface area contributed by atoms with Gasteiger partial charge in [-0.3, -0.25) is 4.79 Å². The van der Waals surface area contributed by atoms with Gasteiger partial charge in [-0.05, 0) is 31.2 Å². The number of nitrogens with one attached hydrogen (secondary N) is 1. The zero-order valence-electron chi connectivity index (χ0n) is 12.9. The Kier molecular flexibility index (Phi) is 5.57. The van der Waals surface area contributed by atoms with Gasteiger partial charge in [0.05, 0.1) is 13.3 Å². The lowest BCUT2D eigenvalue weighted by molar-refractivity contribution is -0.123. The molecule has 2 aromatic carbocycles. The zero-order valence-corrected chi connectivity index (χ0v) is 12.9. The zero-order chi connectivity index (χ0) is 16.7. The van der Waals surface area contributed by atoms with Crippen LogP contribution in [0.3, 0.4) is 0 Å². The molecular formula is C17H18N2O4. The molecule has 0 saturated heterocycles. The lowest BCUT2D eigenvalue weighted by atomic mass is 10.2. The van der Waals surface area contributed by atoms with E-state index in [1.165, 1.54) is 13.3 Å². The molecule has 0 aliphatic heterocycles. The fourth-order valence-electron chi connectivity index (χ4n) is 1.80. The van der Waals surface area contributed by atoms with Crippen LogP contribution in [0, 0.1) is 6.92 Å². The molecule has 0 fully saturated rings. The molecule has 0 aromatic heterocycles. The summed E-state index contributed by atoms with van der Waals surface area (Å²) < 4.78 is 10.3. The van der Waals surface area contributed by atoms with Crippen LogP contribution >= 0.6 is 0 Å². The van der Waals surface area contributed by atoms with Gasteiger partial charge in [0.15, 0.2) is 18.1 Å². The minimum Gasteiger partial charge on any atom is -0.504 e. The molecule has 0 unspecified atom stereocenters. The van der Waals surface area contributed by atoms with Gasteiger partial charge in [-0.15, -0.1) is 0 Å². The Labute approximate surface area is 134 Å². The molecule has 0 heterocycles. The summed E-state index contributed by atoms with van der Waals surface area (Å²) >= 11 is 0. The van der Waals surface area contributed by atoms with E-state index in [9.17, 15) is 9.90 Å². The number of methoxy groups -OCH3 is 1. The summed E-state index contributed by atoms with van der Waals surface area (Å²) in [6.45, 7) is 1.82. The highest BCUT2D eigenvalue weighted by atomic mass is 16.5. The Morgan fingerprint density at radius 1 is 1.26 bits per heavy atom. The number of phenolic OH excluding ortho intramolecular Hbond substituents is 1. The van der Waals surface area contributed by atoms with Crippen LogP contribution in [0.2, 0.25) is 0 Å². The minimum absolute atomic E-state index is 0.0381. The molecule has 0 atom stereocenters. The largest absolute Gasteiger partial charge is 0.504 e. The summed E-state index contributed by atoms with van der Waals surface area (Å²) in [6.07, 6.45) is 1.33. The number of benzene rings is 2. The highest BCUT2D eigenvalue weighted by molar-refractivity contribution is 5.86. The van der Waals surface area contributed by atoms with Crippen molar-refractivity contribution in [1.29, 1.82) is 0 Å². The normalized spacial score (nSPS) is 10.5. The molecule has 0 bridgehead atoms. The Morgan fingerprint density at radius 3 is 2.70 bits per heavy atom. The lowest BCUT2D eigenvalue weighted by Gasteiger charge is -2.06. The van der Waals surface area contributed by atoms with E-state index < -0.39 is 5.91 Å². The molecule has 0 aliphatic rings. The monoisotopic (exact) mass is 314 g/mol. The Morgan fingerprint density at radius 2 is 2.00 bits per heavy atom. The molecule has 6 nitrogen and oxygen atoms in total. The Bertz CT molecular complexity index is 696. The molecule has 23 heavy (non-hydrogen) atoms. The van der Waals surface area contributed by atoms with Gasteiger partial charge in [0.1, 0.15) is 5.75 Å². The fraction of sp³-hybridized carbons (Fsp3) is 0.176. The molecule has 0 aliphatic carbocycles. The molecule has 120 valence electrons. The minimum atomic E-state index is -0.399. The number of amides is 1. The van der Waals surface area contributed by atoms with Crippen molar-refractivity contribution in [3.63, 3.8) is 0 Å². The molecule has 6 heteroatoms. The van der Waals surface area contributed by atoms with E-state index in [2.05, 4.69) is 10.5 Å². The van der Waals surface area contributed by atoms with Crippen LogP contribution in [0.4, 0.5) is 0 Å². The molecule has 2 rings (SSSR count). The van der Waals surface area contributed by atoms with Gasteiger partial charge in [-0.2, -0.15) is 5.10 Å². The van der Waals surface area contributed by atoms with Crippen LogP contribution in [-0.2, 0) is 4.79 Å². The maximum absolute atomic E-state index is 11.6. The summed E-state index contributed by atoms with van der Waals surface area (Å²) in [5.74, 6) is 0.510. The third-order valence-corrected chi connectivity index (χ3v) is 3.03. The smallest absolute Gasteiger partial charge is 0.277 e. The molecular weight excluding hydrogens is 296 g/mol. The van der Waals surface area contributed by atoms with E-state index in [0.29, 0.717) is 17.1 Å². The number of carbonyl (C=O) groups excluding carboxylic acids is 1. The number of ether oxygens (including phenoxy) is 2. The first-order chi connectivity index (χ1) is 11.1. The van der Waals surface area contributed by atoms with Gasteiger partial charge in [0.25, 0.3) is 5.91 Å². The summed E-state index contributed by atoms with van der Waals surface area (Å²) in [5.41, 5.74) is 3.88. The van der Waals surface area contributed by atoms with Gasteiger partial charge < -0.3 is 14.6 Å². The average Bonchev–Trinajstić information content (AvgIpc) is 2.56. The number of hydrazone groups is 1. The van der Waals surface area contributed by atoms with Gasteiger partial charge in [0.2, 0.25) is 0 Å². The van der Waals surface area contributed by atoms with E-state index in [-0.39, 0.29) is 12.4 Å². The first-order valence-electron chi connectivity index (χ1n) is 6.97. The van der Waals surface area contributed by atoms with Crippen LogP contribution in [0.15, 0.2) is 47.6 Å². The number of aryl methyl sites for hydroxylation is 1. The molecule has 0 spiro atoms. The van der Waals surface area contributed by atoms with Crippen molar-refractivity contribution >= 4 is 12.1 Å². The van der Waals surface area contributed by atoms with Gasteiger partial charge in [-0.1, -0.05) is 23.8 Å². The van der Waals surface area contributed by atoms with Crippen molar-refractivity contribution in [2.75, 3.05) is 13.7 Å². The summed E-state index contributed by atoms with van der Waals surface area (Å²) in [7, 11) is 1.46. The number of hydrogen-bond donors (Lipinski definition) is 2. The maximum atomic E-state index is 11.6. The number of aromatic hydroxyl groups is 1. The van der Waals surface area contributed by atoms with Crippen LogP contribution in [0.5, 0.6) is 17.2 Å². The second-order valence-electron chi connectivity index (χ2n) is 4.79. The number of hydrogen-bond acceptors (Lipinski definition) is 5. The van der Waals surface area contributed by atoms with Gasteiger partial charge in [0, 0.05) is 5.56 Å². The summed E-state index contributed by atoms with van der Waals surface area (Å²) in [5, 5.41) is 13.7. The predicted molar refractivity (Wildman–Crippen MR) is 87.1 cm³/mol. The van der Waals surface area contributed by atoms with Gasteiger partial charge >= 0.3 is 0 Å². The summed E-state index contributed by atoms with van der Waals surface area (Å²) in [6, 6.07) is 12.4. The molecule has 1 amide bonds. The topological polar surface area (TPSA) is 80.2 Å². The first kappa shape index (κ1) is 16.4. The first-order valence-corrected chi connectivity index (χ1v) is 6.97. The number of nitrogens with zero attached hydrogens (tertiary/aromatic N) is 1. The maximum Gasteiger partial charge on any atom is 0.277 e. The average molecular weight is 314 g/mol. The molecule has 2 aromatic rings. The van der Waals surface area contributed by atoms with Gasteiger partial charge in [-0.25, -0.2) is 5.43 Å². The Hall–Kier alpha value is -3.02. The van der Waals surface area contributed by atoms with Crippen LogP contribution in [0.1, 0.15) is 11.1 Å². The Balaban J connectivity index is 1.85. The lowest BCUT2D eigenvalue weighted by Crippen LogP contribution is -2.24. The number of phenols is 1. The number of para-hydroxylation sites is 1. The van der Waals surface area contributed by atoms with Crippen LogP contribution in [-0.4, -0.2) is 30.9 Å². The highest BCUT2D eigenvalue weighted by Gasteiger charge is 2.05. The third-order valence-electron chi connectivity index (χ3n) is 3.03. The van der Waals surface area contributed by atoms with Crippen molar-refractivity contribution in [2.45, 2.75) is 6.92 Å². The van der Waals surface area contributed by atoms with E-state index in [1.807, 2.05) is 19.1 Å². The second kappa shape index (κ2) is 7.84. The number of rotatable bonds is 6. The molecule has 0 radical (unpaired) electrons. The SMILES string of the molecule is COc1cccc(C=NNC(=O)COc2ccc(C)cc2)c1O. The van der Waals surface area contributed by atoms with E-state index in [1.54, 1.807) is 30.3 Å². The van der Waals surface area contributed by atoms with Crippen LogP contribution < -0.4 is 14.9 Å². The highest BCUT2D eigenvalue weighted by Crippen LogP contribution is 2.27. The predicted octanol–water partition coefficient (Wildman–Crippen LogP) is 2.24. The van der Waals surface area contributed by atoms with Crippen molar-refractivity contribution in [3.05, 3.63) is 53.6 Å². The molecule has 2 N–H and O–H groups in total. The van der Waals surface area contributed by atoms with Crippen molar-refractivity contribution in [1.82, 2.24) is 5.43 Å². The third kappa shape index (κ3) is 4.74. The van der Waals surface area contributed by atoms with Crippen molar-refractivity contribution in [3.8, 4) is 17.2 Å². The second-order valence-corrected chi connectivity index (χ2v) is 4.79. The number of carbonyl (C=O) groups is 1.